The van der Waals surface area contributed by atoms with E-state index in [0.717, 1.165) is 28.0 Å². The summed E-state index contributed by atoms with van der Waals surface area (Å²) in [5.41, 5.74) is 5.23. The molecule has 0 saturated heterocycles. The molecule has 0 radical (unpaired) electrons. The summed E-state index contributed by atoms with van der Waals surface area (Å²) in [5, 5.41) is 3.08. The third-order valence-corrected chi connectivity index (χ3v) is 4.51. The molecular formula is C22H19N3O. The fraction of sp³-hybridized carbons (Fsp3) is 0.0909. The first-order valence-electron chi connectivity index (χ1n) is 8.55. The van der Waals surface area contributed by atoms with E-state index in [0.29, 0.717) is 11.4 Å². The van der Waals surface area contributed by atoms with Crippen LogP contribution in [0, 0.1) is 13.8 Å². The van der Waals surface area contributed by atoms with Crippen molar-refractivity contribution in [3.8, 4) is 11.3 Å². The van der Waals surface area contributed by atoms with Crippen LogP contribution in [0.15, 0.2) is 72.9 Å². The zero-order valence-electron chi connectivity index (χ0n) is 14.7. The Morgan fingerprint density at radius 1 is 0.885 bits per heavy atom. The topological polar surface area (TPSA) is 46.4 Å². The molecule has 0 bridgehead atoms. The number of fused-ring (bicyclic) bond motifs is 1. The second-order valence-corrected chi connectivity index (χ2v) is 6.33. The van der Waals surface area contributed by atoms with Crippen molar-refractivity contribution in [3.63, 3.8) is 0 Å². The summed E-state index contributed by atoms with van der Waals surface area (Å²) in [7, 11) is 0. The number of benzene rings is 2. The van der Waals surface area contributed by atoms with Crippen molar-refractivity contribution in [2.45, 2.75) is 13.8 Å². The number of rotatable bonds is 3. The fourth-order valence-electron chi connectivity index (χ4n) is 3.12. The molecule has 0 aliphatic carbocycles. The van der Waals surface area contributed by atoms with Gasteiger partial charge >= 0.3 is 0 Å². The van der Waals surface area contributed by atoms with Gasteiger partial charge in [0.2, 0.25) is 0 Å². The molecule has 26 heavy (non-hydrogen) atoms. The molecular weight excluding hydrogens is 322 g/mol. The lowest BCUT2D eigenvalue weighted by atomic mass is 10.1. The summed E-state index contributed by atoms with van der Waals surface area (Å²) in [5.74, 6) is 0.548. The van der Waals surface area contributed by atoms with Gasteiger partial charge < -0.3 is 5.32 Å². The molecule has 0 fully saturated rings. The van der Waals surface area contributed by atoms with Crippen molar-refractivity contribution >= 4 is 17.4 Å². The van der Waals surface area contributed by atoms with Gasteiger partial charge in [-0.25, -0.2) is 4.98 Å². The normalized spacial score (nSPS) is 10.8. The molecule has 0 aliphatic rings. The van der Waals surface area contributed by atoms with E-state index in [1.165, 1.54) is 0 Å². The van der Waals surface area contributed by atoms with E-state index in [1.54, 1.807) is 0 Å². The van der Waals surface area contributed by atoms with Gasteiger partial charge in [0.25, 0.3) is 5.91 Å². The highest BCUT2D eigenvalue weighted by molar-refractivity contribution is 6.06. The summed E-state index contributed by atoms with van der Waals surface area (Å²) in [6.45, 7) is 3.95. The molecule has 4 nitrogen and oxygen atoms in total. The SMILES string of the molecule is Cc1ccccc1C(=O)Nc1c(-c2ccccc2)nc2c(C)cccn12. The lowest BCUT2D eigenvalue weighted by molar-refractivity contribution is 0.102. The number of carbonyl (C=O) groups excluding carboxylic acids is 1. The van der Waals surface area contributed by atoms with Crippen molar-refractivity contribution in [1.29, 1.82) is 0 Å². The summed E-state index contributed by atoms with van der Waals surface area (Å²) in [6.07, 6.45) is 1.93. The van der Waals surface area contributed by atoms with Gasteiger partial charge in [0, 0.05) is 17.3 Å². The zero-order valence-corrected chi connectivity index (χ0v) is 14.7. The van der Waals surface area contributed by atoms with E-state index < -0.39 is 0 Å². The van der Waals surface area contributed by atoms with E-state index >= 15 is 0 Å². The van der Waals surface area contributed by atoms with Gasteiger partial charge in [-0.2, -0.15) is 0 Å². The summed E-state index contributed by atoms with van der Waals surface area (Å²) < 4.78 is 1.94. The van der Waals surface area contributed by atoms with Crippen LogP contribution in [-0.4, -0.2) is 15.3 Å². The third kappa shape index (κ3) is 2.75. The van der Waals surface area contributed by atoms with Crippen LogP contribution in [0.4, 0.5) is 5.82 Å². The van der Waals surface area contributed by atoms with Gasteiger partial charge in [0.15, 0.2) is 0 Å². The number of anilines is 1. The highest BCUT2D eigenvalue weighted by Gasteiger charge is 2.18. The molecule has 128 valence electrons. The molecule has 0 atom stereocenters. The molecule has 1 amide bonds. The van der Waals surface area contributed by atoms with Gasteiger partial charge in [-0.05, 0) is 37.1 Å². The molecule has 0 spiro atoms. The molecule has 0 aliphatic heterocycles. The van der Waals surface area contributed by atoms with Crippen LogP contribution in [-0.2, 0) is 0 Å². The Morgan fingerprint density at radius 2 is 1.58 bits per heavy atom. The Bertz CT molecular complexity index is 1100. The summed E-state index contributed by atoms with van der Waals surface area (Å²) in [4.78, 5) is 17.7. The largest absolute Gasteiger partial charge is 0.306 e. The lowest BCUT2D eigenvalue weighted by Crippen LogP contribution is -2.15. The standard InChI is InChI=1S/C22H19N3O/c1-15-9-6-7-13-18(15)22(26)24-21-19(17-11-4-3-5-12-17)23-20-16(2)10-8-14-25(20)21/h3-14H,1-2H3,(H,24,26). The number of nitrogens with one attached hydrogen (secondary N) is 1. The highest BCUT2D eigenvalue weighted by Crippen LogP contribution is 2.30. The number of hydrogen-bond acceptors (Lipinski definition) is 2. The minimum absolute atomic E-state index is 0.136. The predicted octanol–water partition coefficient (Wildman–Crippen LogP) is 4.87. The Kier molecular flexibility index (Phi) is 4.01. The first-order chi connectivity index (χ1) is 12.6. The molecule has 0 unspecified atom stereocenters. The number of carbonyl (C=O) groups is 1. The first kappa shape index (κ1) is 16.1. The molecule has 1 N–H and O–H groups in total. The lowest BCUT2D eigenvalue weighted by Gasteiger charge is -2.09. The van der Waals surface area contributed by atoms with Crippen LogP contribution in [0.2, 0.25) is 0 Å². The van der Waals surface area contributed by atoms with Crippen molar-refractivity contribution in [2.75, 3.05) is 5.32 Å². The van der Waals surface area contributed by atoms with Crippen LogP contribution in [0.1, 0.15) is 21.5 Å². The minimum atomic E-state index is -0.136. The molecule has 2 heterocycles. The Morgan fingerprint density at radius 3 is 2.35 bits per heavy atom. The van der Waals surface area contributed by atoms with Crippen molar-refractivity contribution < 1.29 is 4.79 Å². The van der Waals surface area contributed by atoms with Gasteiger partial charge in [0.05, 0.1) is 0 Å². The van der Waals surface area contributed by atoms with Crippen LogP contribution >= 0.6 is 0 Å². The Labute approximate surface area is 152 Å². The number of aryl methyl sites for hydroxylation is 2. The summed E-state index contributed by atoms with van der Waals surface area (Å²) >= 11 is 0. The second-order valence-electron chi connectivity index (χ2n) is 6.33. The van der Waals surface area contributed by atoms with Crippen LogP contribution in [0.5, 0.6) is 0 Å². The molecule has 0 saturated carbocycles. The van der Waals surface area contributed by atoms with Gasteiger partial charge in [-0.1, -0.05) is 54.6 Å². The number of pyridine rings is 1. The molecule has 2 aromatic carbocycles. The molecule has 2 aromatic heterocycles. The van der Waals surface area contributed by atoms with E-state index in [9.17, 15) is 4.79 Å². The van der Waals surface area contributed by atoms with Crippen molar-refractivity contribution in [1.82, 2.24) is 9.38 Å². The highest BCUT2D eigenvalue weighted by atomic mass is 16.1. The fourth-order valence-corrected chi connectivity index (χ4v) is 3.12. The monoisotopic (exact) mass is 341 g/mol. The van der Waals surface area contributed by atoms with E-state index in [1.807, 2.05) is 91.2 Å². The third-order valence-electron chi connectivity index (χ3n) is 4.51. The van der Waals surface area contributed by atoms with Crippen LogP contribution < -0.4 is 5.32 Å². The van der Waals surface area contributed by atoms with E-state index in [4.69, 9.17) is 4.98 Å². The van der Waals surface area contributed by atoms with Crippen LogP contribution in [0.3, 0.4) is 0 Å². The molecule has 4 heteroatoms. The average Bonchev–Trinajstić information content (AvgIpc) is 3.03. The van der Waals surface area contributed by atoms with Gasteiger partial charge in [-0.3, -0.25) is 9.20 Å². The van der Waals surface area contributed by atoms with Crippen molar-refractivity contribution in [2.24, 2.45) is 0 Å². The number of hydrogen-bond donors (Lipinski definition) is 1. The smallest absolute Gasteiger partial charge is 0.257 e. The average molecular weight is 341 g/mol. The number of amides is 1. The van der Waals surface area contributed by atoms with E-state index in [2.05, 4.69) is 5.32 Å². The first-order valence-corrected chi connectivity index (χ1v) is 8.55. The minimum Gasteiger partial charge on any atom is -0.306 e. The van der Waals surface area contributed by atoms with E-state index in [-0.39, 0.29) is 5.91 Å². The maximum atomic E-state index is 12.9. The van der Waals surface area contributed by atoms with Crippen LogP contribution in [0.25, 0.3) is 16.9 Å². The summed E-state index contributed by atoms with van der Waals surface area (Å²) in [6, 6.07) is 21.5. The molecule has 4 aromatic rings. The number of aromatic nitrogens is 2. The number of nitrogens with zero attached hydrogens (tertiary/aromatic N) is 2. The Balaban J connectivity index is 1.87. The zero-order chi connectivity index (χ0) is 18.1. The van der Waals surface area contributed by atoms with Gasteiger partial charge in [-0.15, -0.1) is 0 Å². The molecule has 4 rings (SSSR count). The van der Waals surface area contributed by atoms with Gasteiger partial charge in [0.1, 0.15) is 17.2 Å². The maximum absolute atomic E-state index is 12.9. The second kappa shape index (κ2) is 6.48. The predicted molar refractivity (Wildman–Crippen MR) is 104 cm³/mol. The Hall–Kier alpha value is -3.40. The van der Waals surface area contributed by atoms with Crippen molar-refractivity contribution in [3.05, 3.63) is 89.6 Å². The maximum Gasteiger partial charge on any atom is 0.257 e. The number of imidazole rings is 1. The quantitative estimate of drug-likeness (QED) is 0.578.